The molecule has 0 spiro atoms. The Kier molecular flexibility index (Phi) is 3.59. The molecule has 1 N–H and O–H groups in total. The number of rotatable bonds is 3. The maximum Gasteiger partial charge on any atom is 0.134 e. The molecule has 4 heteroatoms. The molecule has 0 aliphatic carbocycles. The molecule has 0 aliphatic rings. The van der Waals surface area contributed by atoms with Crippen molar-refractivity contribution in [2.24, 2.45) is 0 Å². The second-order valence-corrected chi connectivity index (χ2v) is 4.35. The van der Waals surface area contributed by atoms with E-state index in [9.17, 15) is 0 Å². The third-order valence-electron chi connectivity index (χ3n) is 2.36. The zero-order valence-electron chi connectivity index (χ0n) is 9.87. The van der Waals surface area contributed by atoms with Gasteiger partial charge < -0.3 is 5.32 Å². The van der Waals surface area contributed by atoms with Gasteiger partial charge in [-0.05, 0) is 19.4 Å². The fourth-order valence-electron chi connectivity index (χ4n) is 1.64. The molecular weight excluding hydrogens is 234 g/mol. The van der Waals surface area contributed by atoms with Crippen molar-refractivity contribution in [3.05, 3.63) is 52.4 Å². The van der Waals surface area contributed by atoms with Gasteiger partial charge >= 0.3 is 0 Å². The molecule has 0 fully saturated rings. The average molecular weight is 248 g/mol. The Labute approximate surface area is 106 Å². The molecule has 0 radical (unpaired) electrons. The fourth-order valence-corrected chi connectivity index (χ4v) is 1.86. The van der Waals surface area contributed by atoms with E-state index in [4.69, 9.17) is 11.6 Å². The van der Waals surface area contributed by atoms with Crippen LogP contribution < -0.4 is 5.32 Å². The van der Waals surface area contributed by atoms with E-state index in [-0.39, 0.29) is 0 Å². The number of nitrogens with zero attached hydrogens (tertiary/aromatic N) is 2. The second-order valence-electron chi connectivity index (χ2n) is 3.97. The van der Waals surface area contributed by atoms with Crippen LogP contribution in [0.3, 0.4) is 0 Å². The molecule has 0 saturated carbocycles. The standard InChI is InChI=1S/C13H14ClN3/c1-9-4-3-5-11(6-9)8-15-13-7-12(14)16-10(2)17-13/h3-7H,8H2,1-2H3,(H,15,16,17). The molecule has 2 aromatic rings. The maximum absolute atomic E-state index is 5.87. The zero-order valence-corrected chi connectivity index (χ0v) is 10.6. The van der Waals surface area contributed by atoms with Crippen LogP contribution in [0.4, 0.5) is 5.82 Å². The molecule has 2 rings (SSSR count). The maximum atomic E-state index is 5.87. The van der Waals surface area contributed by atoms with E-state index < -0.39 is 0 Å². The average Bonchev–Trinajstić information content (AvgIpc) is 2.25. The number of aryl methyl sites for hydroxylation is 2. The third kappa shape index (κ3) is 3.43. The lowest BCUT2D eigenvalue weighted by Crippen LogP contribution is -2.03. The molecule has 1 aromatic carbocycles. The predicted molar refractivity (Wildman–Crippen MR) is 70.3 cm³/mol. The monoisotopic (exact) mass is 247 g/mol. The first-order valence-corrected chi connectivity index (χ1v) is 5.82. The number of halogens is 1. The molecule has 1 aromatic heterocycles. The molecule has 0 unspecified atom stereocenters. The highest BCUT2D eigenvalue weighted by Gasteiger charge is 2.00. The van der Waals surface area contributed by atoms with Crippen molar-refractivity contribution >= 4 is 17.4 Å². The molecule has 3 nitrogen and oxygen atoms in total. The number of nitrogens with one attached hydrogen (secondary N) is 1. The van der Waals surface area contributed by atoms with Gasteiger partial charge in [-0.2, -0.15) is 0 Å². The summed E-state index contributed by atoms with van der Waals surface area (Å²) in [7, 11) is 0. The highest BCUT2D eigenvalue weighted by Crippen LogP contribution is 2.12. The molecule has 88 valence electrons. The number of aromatic nitrogens is 2. The summed E-state index contributed by atoms with van der Waals surface area (Å²) < 4.78 is 0. The van der Waals surface area contributed by atoms with Crippen LogP contribution in [0.1, 0.15) is 17.0 Å². The lowest BCUT2D eigenvalue weighted by atomic mass is 10.1. The molecule has 0 atom stereocenters. The van der Waals surface area contributed by atoms with Gasteiger partial charge in [-0.1, -0.05) is 41.4 Å². The van der Waals surface area contributed by atoms with Gasteiger partial charge in [-0.15, -0.1) is 0 Å². The van der Waals surface area contributed by atoms with Gasteiger partial charge in [0.2, 0.25) is 0 Å². The first kappa shape index (κ1) is 11.9. The number of anilines is 1. The van der Waals surface area contributed by atoms with E-state index in [0.717, 1.165) is 12.4 Å². The molecule has 1 heterocycles. The van der Waals surface area contributed by atoms with Gasteiger partial charge in [-0.25, -0.2) is 9.97 Å². The van der Waals surface area contributed by atoms with Crippen molar-refractivity contribution in [3.8, 4) is 0 Å². The fraction of sp³-hybridized carbons (Fsp3) is 0.231. The van der Waals surface area contributed by atoms with Crippen LogP contribution in [0.25, 0.3) is 0 Å². The summed E-state index contributed by atoms with van der Waals surface area (Å²) in [4.78, 5) is 8.28. The lowest BCUT2D eigenvalue weighted by molar-refractivity contribution is 1.02. The molecule has 0 saturated heterocycles. The van der Waals surface area contributed by atoms with Crippen LogP contribution in [0, 0.1) is 13.8 Å². The van der Waals surface area contributed by atoms with Gasteiger partial charge in [0, 0.05) is 12.6 Å². The van der Waals surface area contributed by atoms with E-state index >= 15 is 0 Å². The van der Waals surface area contributed by atoms with E-state index in [0.29, 0.717) is 11.0 Å². The zero-order chi connectivity index (χ0) is 12.3. The minimum absolute atomic E-state index is 0.462. The predicted octanol–water partition coefficient (Wildman–Crippen LogP) is 3.36. The van der Waals surface area contributed by atoms with Crippen LogP contribution in [0.2, 0.25) is 5.15 Å². The van der Waals surface area contributed by atoms with Gasteiger partial charge in [0.1, 0.15) is 16.8 Å². The highest BCUT2D eigenvalue weighted by molar-refractivity contribution is 6.29. The van der Waals surface area contributed by atoms with E-state index in [1.54, 1.807) is 6.07 Å². The Morgan fingerprint density at radius 1 is 1.18 bits per heavy atom. The third-order valence-corrected chi connectivity index (χ3v) is 2.56. The van der Waals surface area contributed by atoms with Gasteiger partial charge in [-0.3, -0.25) is 0 Å². The first-order valence-electron chi connectivity index (χ1n) is 5.44. The van der Waals surface area contributed by atoms with Crippen LogP contribution in [-0.4, -0.2) is 9.97 Å². The highest BCUT2D eigenvalue weighted by atomic mass is 35.5. The van der Waals surface area contributed by atoms with Crippen molar-refractivity contribution < 1.29 is 0 Å². The SMILES string of the molecule is Cc1cccc(CNc2cc(Cl)nc(C)n2)c1. The van der Waals surface area contributed by atoms with Crippen molar-refractivity contribution in [1.29, 1.82) is 0 Å². The first-order chi connectivity index (χ1) is 8.13. The summed E-state index contributed by atoms with van der Waals surface area (Å²) in [5.41, 5.74) is 2.47. The van der Waals surface area contributed by atoms with Crippen molar-refractivity contribution in [2.45, 2.75) is 20.4 Å². The number of hydrogen-bond donors (Lipinski definition) is 1. The van der Waals surface area contributed by atoms with Crippen molar-refractivity contribution in [2.75, 3.05) is 5.32 Å². The quantitative estimate of drug-likeness (QED) is 0.846. The smallest absolute Gasteiger partial charge is 0.134 e. The minimum atomic E-state index is 0.462. The van der Waals surface area contributed by atoms with E-state index in [1.807, 2.05) is 13.0 Å². The minimum Gasteiger partial charge on any atom is -0.366 e. The Morgan fingerprint density at radius 2 is 2.00 bits per heavy atom. The number of hydrogen-bond acceptors (Lipinski definition) is 3. The summed E-state index contributed by atoms with van der Waals surface area (Å²) in [6.07, 6.45) is 0. The number of benzene rings is 1. The Bertz CT molecular complexity index is 506. The topological polar surface area (TPSA) is 37.8 Å². The summed E-state index contributed by atoms with van der Waals surface area (Å²) in [5, 5.41) is 3.70. The van der Waals surface area contributed by atoms with Crippen LogP contribution >= 0.6 is 11.6 Å². The van der Waals surface area contributed by atoms with Crippen LogP contribution in [-0.2, 0) is 6.54 Å². The summed E-state index contributed by atoms with van der Waals surface area (Å²) in [5.74, 6) is 1.42. The Balaban J connectivity index is 2.07. The van der Waals surface area contributed by atoms with Crippen LogP contribution in [0.5, 0.6) is 0 Å². The second kappa shape index (κ2) is 5.15. The lowest BCUT2D eigenvalue weighted by Gasteiger charge is -2.07. The van der Waals surface area contributed by atoms with Crippen molar-refractivity contribution in [3.63, 3.8) is 0 Å². The molecule has 17 heavy (non-hydrogen) atoms. The summed E-state index contributed by atoms with van der Waals surface area (Å²) >= 11 is 5.87. The van der Waals surface area contributed by atoms with E-state index in [1.165, 1.54) is 11.1 Å². The van der Waals surface area contributed by atoms with Gasteiger partial charge in [0.05, 0.1) is 0 Å². The largest absolute Gasteiger partial charge is 0.366 e. The Morgan fingerprint density at radius 3 is 2.71 bits per heavy atom. The molecular formula is C13H14ClN3. The molecule has 0 aliphatic heterocycles. The summed E-state index contributed by atoms with van der Waals surface area (Å²) in [6.45, 7) is 4.63. The van der Waals surface area contributed by atoms with Gasteiger partial charge in [0.25, 0.3) is 0 Å². The van der Waals surface area contributed by atoms with Gasteiger partial charge in [0.15, 0.2) is 0 Å². The van der Waals surface area contributed by atoms with Crippen LogP contribution in [0.15, 0.2) is 30.3 Å². The molecule has 0 bridgehead atoms. The molecule has 0 amide bonds. The van der Waals surface area contributed by atoms with Crippen molar-refractivity contribution in [1.82, 2.24) is 9.97 Å². The summed E-state index contributed by atoms with van der Waals surface area (Å²) in [6, 6.07) is 10.1. The van der Waals surface area contributed by atoms with E-state index in [2.05, 4.69) is 40.4 Å². The normalized spacial score (nSPS) is 10.3. The Hall–Kier alpha value is -1.61.